The highest BCUT2D eigenvalue weighted by molar-refractivity contribution is 6.34. The van der Waals surface area contributed by atoms with Gasteiger partial charge in [-0.1, -0.05) is 30.3 Å². The summed E-state index contributed by atoms with van der Waals surface area (Å²) in [6, 6.07) is 14.8. The molecule has 0 bridgehead atoms. The van der Waals surface area contributed by atoms with Crippen molar-refractivity contribution >= 4 is 17.5 Å². The van der Waals surface area contributed by atoms with Crippen LogP contribution in [-0.2, 0) is 6.54 Å². The van der Waals surface area contributed by atoms with Crippen molar-refractivity contribution in [2.75, 3.05) is 18.0 Å². The second-order valence-corrected chi connectivity index (χ2v) is 6.10. The predicted octanol–water partition coefficient (Wildman–Crippen LogP) is 3.08. The van der Waals surface area contributed by atoms with E-state index in [1.165, 1.54) is 17.7 Å². The fraction of sp³-hybridized carbons (Fsp3) is 0.263. The number of likely N-dealkylation sites (tertiary alicyclic amines) is 1. The van der Waals surface area contributed by atoms with Crippen LogP contribution in [0.25, 0.3) is 0 Å². The van der Waals surface area contributed by atoms with Crippen LogP contribution in [0.1, 0.15) is 39.1 Å². The molecule has 2 heterocycles. The predicted molar refractivity (Wildman–Crippen MR) is 88.5 cm³/mol. The van der Waals surface area contributed by atoms with Gasteiger partial charge in [-0.15, -0.1) is 0 Å². The number of amides is 2. The number of hydrogen-bond acceptors (Lipinski definition) is 3. The number of anilines is 1. The van der Waals surface area contributed by atoms with Crippen molar-refractivity contribution in [3.63, 3.8) is 0 Å². The van der Waals surface area contributed by atoms with Crippen molar-refractivity contribution in [3.05, 3.63) is 65.2 Å². The Morgan fingerprint density at radius 1 is 0.783 bits per heavy atom. The Labute approximate surface area is 135 Å². The van der Waals surface area contributed by atoms with Gasteiger partial charge in [0.25, 0.3) is 11.8 Å². The smallest absolute Gasteiger partial charge is 0.266 e. The molecular weight excluding hydrogens is 288 g/mol. The molecule has 2 aliphatic rings. The second kappa shape index (κ2) is 5.63. The molecule has 0 saturated carbocycles. The van der Waals surface area contributed by atoms with Crippen LogP contribution in [0.4, 0.5) is 5.69 Å². The third kappa shape index (κ3) is 2.35. The van der Waals surface area contributed by atoms with Crippen LogP contribution in [0, 0.1) is 0 Å². The maximum atomic E-state index is 12.7. The fourth-order valence-corrected chi connectivity index (χ4v) is 3.45. The van der Waals surface area contributed by atoms with E-state index in [9.17, 15) is 9.59 Å². The molecular formula is C19H18N2O2. The van der Waals surface area contributed by atoms with Gasteiger partial charge in [0.1, 0.15) is 0 Å². The van der Waals surface area contributed by atoms with Gasteiger partial charge in [0.05, 0.1) is 16.8 Å². The average molecular weight is 306 g/mol. The van der Waals surface area contributed by atoms with E-state index in [-0.39, 0.29) is 11.8 Å². The van der Waals surface area contributed by atoms with Gasteiger partial charge in [-0.3, -0.25) is 14.5 Å². The molecule has 4 rings (SSSR count). The molecule has 0 unspecified atom stereocenters. The van der Waals surface area contributed by atoms with E-state index in [1.54, 1.807) is 24.3 Å². The number of benzene rings is 2. The number of rotatable bonds is 3. The summed E-state index contributed by atoms with van der Waals surface area (Å²) in [6.07, 6.45) is 2.43. The van der Waals surface area contributed by atoms with Crippen LogP contribution in [0.3, 0.4) is 0 Å². The lowest BCUT2D eigenvalue weighted by molar-refractivity contribution is 0.0925. The van der Waals surface area contributed by atoms with E-state index in [2.05, 4.69) is 4.90 Å². The van der Waals surface area contributed by atoms with E-state index in [0.717, 1.165) is 25.2 Å². The van der Waals surface area contributed by atoms with Crippen molar-refractivity contribution in [2.45, 2.75) is 19.4 Å². The number of carbonyl (C=O) groups excluding carboxylic acids is 2. The summed E-state index contributed by atoms with van der Waals surface area (Å²) in [4.78, 5) is 29.1. The Morgan fingerprint density at radius 3 is 2.00 bits per heavy atom. The lowest BCUT2D eigenvalue weighted by atomic mass is 10.1. The average Bonchev–Trinajstić information content (AvgIpc) is 3.17. The number of para-hydroxylation sites is 1. The highest BCUT2D eigenvalue weighted by Crippen LogP contribution is 2.31. The normalized spacial score (nSPS) is 17.8. The van der Waals surface area contributed by atoms with Crippen molar-refractivity contribution < 1.29 is 9.59 Å². The molecule has 0 radical (unpaired) electrons. The first kappa shape index (κ1) is 14.2. The van der Waals surface area contributed by atoms with E-state index in [4.69, 9.17) is 0 Å². The van der Waals surface area contributed by atoms with Crippen LogP contribution < -0.4 is 4.90 Å². The van der Waals surface area contributed by atoms with E-state index >= 15 is 0 Å². The van der Waals surface area contributed by atoms with Gasteiger partial charge in [0.2, 0.25) is 0 Å². The Kier molecular flexibility index (Phi) is 3.46. The molecule has 4 nitrogen and oxygen atoms in total. The molecule has 2 aliphatic heterocycles. The molecule has 2 amide bonds. The molecule has 2 aromatic carbocycles. The van der Waals surface area contributed by atoms with Crippen LogP contribution in [-0.4, -0.2) is 29.8 Å². The van der Waals surface area contributed by atoms with Gasteiger partial charge < -0.3 is 0 Å². The third-order valence-corrected chi connectivity index (χ3v) is 4.62. The summed E-state index contributed by atoms with van der Waals surface area (Å²) < 4.78 is 0. The molecule has 0 aromatic heterocycles. The van der Waals surface area contributed by atoms with E-state index in [0.29, 0.717) is 16.8 Å². The zero-order valence-electron chi connectivity index (χ0n) is 12.9. The summed E-state index contributed by atoms with van der Waals surface area (Å²) >= 11 is 0. The van der Waals surface area contributed by atoms with Gasteiger partial charge in [-0.25, -0.2) is 4.90 Å². The summed E-state index contributed by atoms with van der Waals surface area (Å²) in [5.74, 6) is -0.445. The lowest BCUT2D eigenvalue weighted by Gasteiger charge is -2.21. The first-order valence-electron chi connectivity index (χ1n) is 8.04. The van der Waals surface area contributed by atoms with E-state index < -0.39 is 0 Å². The van der Waals surface area contributed by atoms with Gasteiger partial charge in [0, 0.05) is 6.54 Å². The number of imide groups is 1. The van der Waals surface area contributed by atoms with Gasteiger partial charge >= 0.3 is 0 Å². The van der Waals surface area contributed by atoms with Crippen LogP contribution in [0.15, 0.2) is 48.5 Å². The number of hydrogen-bond donors (Lipinski definition) is 0. The number of nitrogens with zero attached hydrogens (tertiary/aromatic N) is 2. The van der Waals surface area contributed by atoms with Gasteiger partial charge in [0.15, 0.2) is 0 Å². The number of carbonyl (C=O) groups is 2. The molecule has 0 spiro atoms. The van der Waals surface area contributed by atoms with Crippen LogP contribution in [0.5, 0.6) is 0 Å². The monoisotopic (exact) mass is 306 g/mol. The molecule has 0 N–H and O–H groups in total. The van der Waals surface area contributed by atoms with Crippen LogP contribution >= 0.6 is 0 Å². The number of fused-ring (bicyclic) bond motifs is 1. The lowest BCUT2D eigenvalue weighted by Crippen LogP contribution is -2.31. The maximum absolute atomic E-state index is 12.7. The maximum Gasteiger partial charge on any atom is 0.266 e. The fourth-order valence-electron chi connectivity index (χ4n) is 3.45. The topological polar surface area (TPSA) is 40.6 Å². The Bertz CT molecular complexity index is 743. The molecule has 1 saturated heterocycles. The van der Waals surface area contributed by atoms with Gasteiger partial charge in [-0.2, -0.15) is 0 Å². The SMILES string of the molecule is O=C1c2ccccc2C(=O)N1c1ccccc1CN1CCCC1. The molecule has 2 aromatic rings. The highest BCUT2D eigenvalue weighted by Gasteiger charge is 2.37. The second-order valence-electron chi connectivity index (χ2n) is 6.10. The highest BCUT2D eigenvalue weighted by atomic mass is 16.2. The Morgan fingerprint density at radius 2 is 1.35 bits per heavy atom. The van der Waals surface area contributed by atoms with Gasteiger partial charge in [-0.05, 0) is 49.7 Å². The van der Waals surface area contributed by atoms with E-state index in [1.807, 2.05) is 24.3 Å². The Hall–Kier alpha value is -2.46. The standard InChI is InChI=1S/C19H18N2O2/c22-18-15-8-2-3-9-16(15)19(23)21(18)17-10-4-1-7-14(17)13-20-11-5-6-12-20/h1-4,7-10H,5-6,11-13H2. The first-order valence-corrected chi connectivity index (χ1v) is 8.04. The third-order valence-electron chi connectivity index (χ3n) is 4.62. The largest absolute Gasteiger partial charge is 0.299 e. The molecule has 4 heteroatoms. The minimum Gasteiger partial charge on any atom is -0.299 e. The van der Waals surface area contributed by atoms with Crippen LogP contribution in [0.2, 0.25) is 0 Å². The molecule has 0 atom stereocenters. The summed E-state index contributed by atoms with van der Waals surface area (Å²) in [6.45, 7) is 2.94. The molecule has 23 heavy (non-hydrogen) atoms. The Balaban J connectivity index is 1.71. The minimum absolute atomic E-state index is 0.223. The molecule has 0 aliphatic carbocycles. The van der Waals surface area contributed by atoms with Crippen molar-refractivity contribution in [2.24, 2.45) is 0 Å². The zero-order valence-corrected chi connectivity index (χ0v) is 12.9. The minimum atomic E-state index is -0.223. The molecule has 116 valence electrons. The van der Waals surface area contributed by atoms with Crippen molar-refractivity contribution in [3.8, 4) is 0 Å². The van der Waals surface area contributed by atoms with Crippen molar-refractivity contribution in [1.29, 1.82) is 0 Å². The summed E-state index contributed by atoms with van der Waals surface area (Å²) in [5.41, 5.74) is 2.73. The summed E-state index contributed by atoms with van der Waals surface area (Å²) in [5, 5.41) is 0. The zero-order chi connectivity index (χ0) is 15.8. The van der Waals surface area contributed by atoms with Crippen molar-refractivity contribution in [1.82, 2.24) is 4.90 Å². The quantitative estimate of drug-likeness (QED) is 0.818. The first-order chi connectivity index (χ1) is 11.3. The summed E-state index contributed by atoms with van der Waals surface area (Å²) in [7, 11) is 0. The molecule has 1 fully saturated rings.